The van der Waals surface area contributed by atoms with Gasteiger partial charge in [-0.15, -0.1) is 0 Å². The van der Waals surface area contributed by atoms with Crippen LogP contribution < -0.4 is 5.32 Å². The maximum absolute atomic E-state index is 11.8. The van der Waals surface area contributed by atoms with Gasteiger partial charge in [0.25, 0.3) is 0 Å². The molecule has 0 unspecified atom stereocenters. The molecule has 1 amide bonds. The number of carbonyl (C=O) groups is 1. The number of hydrogen-bond acceptors (Lipinski definition) is 4. The maximum Gasteiger partial charge on any atom is 0.220 e. The number of rotatable bonds is 8. The Morgan fingerprint density at radius 2 is 1.64 bits per heavy atom. The van der Waals surface area contributed by atoms with Crippen molar-refractivity contribution in [3.63, 3.8) is 0 Å². The minimum atomic E-state index is -1.50. The summed E-state index contributed by atoms with van der Waals surface area (Å²) in [6.07, 6.45) is 8.60. The van der Waals surface area contributed by atoms with E-state index in [1.807, 2.05) is 0 Å². The Bertz CT molecular complexity index is 348. The highest BCUT2D eigenvalue weighted by atomic mass is 16.5. The van der Waals surface area contributed by atoms with Crippen LogP contribution in [0.25, 0.3) is 0 Å². The number of amides is 1. The number of carbonyl (C=O) groups excluding carboxylic acids is 1. The van der Waals surface area contributed by atoms with Crippen LogP contribution in [-0.4, -0.2) is 40.2 Å². The summed E-state index contributed by atoms with van der Waals surface area (Å²) in [4.78, 5) is 11.8. The molecule has 5 nitrogen and oxygen atoms in total. The molecule has 0 heterocycles. The Labute approximate surface area is 134 Å². The van der Waals surface area contributed by atoms with Gasteiger partial charge in [0.2, 0.25) is 5.91 Å². The zero-order valence-electron chi connectivity index (χ0n) is 14.3. The number of unbranched alkanes of at least 4 members (excludes halogenated alkanes) is 1. The highest BCUT2D eigenvalue weighted by Crippen LogP contribution is 2.62. The van der Waals surface area contributed by atoms with Gasteiger partial charge in [-0.05, 0) is 63.2 Å². The Morgan fingerprint density at radius 1 is 1.14 bits per heavy atom. The first-order chi connectivity index (χ1) is 10.1. The lowest BCUT2D eigenvalue weighted by Gasteiger charge is -2.20. The van der Waals surface area contributed by atoms with E-state index in [1.54, 1.807) is 0 Å². The predicted octanol–water partition coefficient (Wildman–Crippen LogP) is 1.94. The molecule has 2 rings (SSSR count). The second-order valence-electron chi connectivity index (χ2n) is 7.71. The van der Waals surface area contributed by atoms with Gasteiger partial charge in [0.1, 0.15) is 0 Å². The summed E-state index contributed by atoms with van der Waals surface area (Å²) in [7, 11) is 0. The van der Waals surface area contributed by atoms with E-state index in [0.29, 0.717) is 13.0 Å². The van der Waals surface area contributed by atoms with E-state index < -0.39 is 5.79 Å². The van der Waals surface area contributed by atoms with Crippen LogP contribution in [0.1, 0.15) is 72.1 Å². The lowest BCUT2D eigenvalue weighted by atomic mass is 9.87. The fraction of sp³-hybridized carbons (Fsp3) is 0.941. The Kier molecular flexibility index (Phi) is 6.84. The minimum Gasteiger partial charge on any atom is -0.396 e. The van der Waals surface area contributed by atoms with E-state index >= 15 is 0 Å². The molecular formula is C17H33NO4. The van der Waals surface area contributed by atoms with E-state index in [4.69, 9.17) is 10.2 Å². The average Bonchev–Trinajstić information content (AvgIpc) is 3.28. The molecule has 0 radical (unpaired) electrons. The van der Waals surface area contributed by atoms with Gasteiger partial charge >= 0.3 is 0 Å². The second kappa shape index (κ2) is 7.75. The molecule has 2 saturated carbocycles. The lowest BCUT2D eigenvalue weighted by Crippen LogP contribution is -2.28. The van der Waals surface area contributed by atoms with Crippen molar-refractivity contribution in [2.75, 3.05) is 13.2 Å². The summed E-state index contributed by atoms with van der Waals surface area (Å²) >= 11 is 0. The van der Waals surface area contributed by atoms with Crippen molar-refractivity contribution in [2.45, 2.75) is 77.9 Å². The molecule has 22 heavy (non-hydrogen) atoms. The van der Waals surface area contributed by atoms with E-state index in [9.17, 15) is 9.90 Å². The Hall–Kier alpha value is -0.650. The SMILES string of the molecule is CC(C)(O)O.CCCCNC(=O)CC1(CC2(CO)CC2)CC1. The fourth-order valence-electron chi connectivity index (χ4n) is 2.76. The van der Waals surface area contributed by atoms with Crippen molar-refractivity contribution in [1.29, 1.82) is 0 Å². The topological polar surface area (TPSA) is 89.8 Å². The summed E-state index contributed by atoms with van der Waals surface area (Å²) < 4.78 is 0. The van der Waals surface area contributed by atoms with Gasteiger partial charge < -0.3 is 20.6 Å². The minimum absolute atomic E-state index is 0.195. The first kappa shape index (κ1) is 19.4. The molecule has 5 heteroatoms. The summed E-state index contributed by atoms with van der Waals surface area (Å²) in [5, 5.41) is 28.5. The molecule has 0 aromatic rings. The van der Waals surface area contributed by atoms with E-state index in [2.05, 4.69) is 12.2 Å². The quantitative estimate of drug-likeness (QED) is 0.407. The van der Waals surface area contributed by atoms with Crippen molar-refractivity contribution in [2.24, 2.45) is 10.8 Å². The van der Waals surface area contributed by atoms with Crippen molar-refractivity contribution < 1.29 is 20.1 Å². The summed E-state index contributed by atoms with van der Waals surface area (Å²) in [6.45, 7) is 5.86. The molecule has 0 aromatic heterocycles. The molecule has 2 fully saturated rings. The summed E-state index contributed by atoms with van der Waals surface area (Å²) in [6, 6.07) is 0. The van der Waals surface area contributed by atoms with Gasteiger partial charge in [-0.1, -0.05) is 13.3 Å². The number of aliphatic hydroxyl groups excluding tert-OH is 1. The highest BCUT2D eigenvalue weighted by molar-refractivity contribution is 5.77. The van der Waals surface area contributed by atoms with Crippen molar-refractivity contribution >= 4 is 5.91 Å². The van der Waals surface area contributed by atoms with Gasteiger partial charge in [0, 0.05) is 19.6 Å². The van der Waals surface area contributed by atoms with Crippen molar-refractivity contribution in [3.8, 4) is 0 Å². The molecule has 0 aromatic carbocycles. The molecular weight excluding hydrogens is 282 g/mol. The number of aliphatic hydroxyl groups is 3. The first-order valence-corrected chi connectivity index (χ1v) is 8.46. The van der Waals surface area contributed by atoms with Gasteiger partial charge in [-0.25, -0.2) is 0 Å². The van der Waals surface area contributed by atoms with Crippen LogP contribution >= 0.6 is 0 Å². The monoisotopic (exact) mass is 315 g/mol. The summed E-state index contributed by atoms with van der Waals surface area (Å²) in [5.41, 5.74) is 0.440. The second-order valence-corrected chi connectivity index (χ2v) is 7.71. The molecule has 0 atom stereocenters. The predicted molar refractivity (Wildman–Crippen MR) is 86.1 cm³/mol. The normalized spacial score (nSPS) is 20.6. The maximum atomic E-state index is 11.8. The van der Waals surface area contributed by atoms with Crippen molar-refractivity contribution in [3.05, 3.63) is 0 Å². The van der Waals surface area contributed by atoms with E-state index in [-0.39, 0.29) is 16.7 Å². The third kappa shape index (κ3) is 8.11. The highest BCUT2D eigenvalue weighted by Gasteiger charge is 2.54. The lowest BCUT2D eigenvalue weighted by molar-refractivity contribution is -0.127. The third-order valence-electron chi connectivity index (χ3n) is 4.39. The smallest absolute Gasteiger partial charge is 0.220 e. The zero-order chi connectivity index (χ0) is 16.9. The summed E-state index contributed by atoms with van der Waals surface area (Å²) in [5.74, 6) is -1.29. The molecule has 0 spiro atoms. The standard InChI is InChI=1S/C14H25NO2.C3H8O2/c1-2-3-8-15-12(17)9-13(4-5-13)10-14(11-16)6-7-14;1-3(2,4)5/h16H,2-11H2,1H3,(H,15,17);4-5H,1-2H3. The van der Waals surface area contributed by atoms with Crippen LogP contribution in [0.2, 0.25) is 0 Å². The molecule has 0 bridgehead atoms. The molecule has 2 aliphatic carbocycles. The zero-order valence-corrected chi connectivity index (χ0v) is 14.3. The van der Waals surface area contributed by atoms with E-state index in [0.717, 1.165) is 38.6 Å². The van der Waals surface area contributed by atoms with Gasteiger partial charge in [0.05, 0.1) is 0 Å². The van der Waals surface area contributed by atoms with Crippen LogP contribution in [0.3, 0.4) is 0 Å². The van der Waals surface area contributed by atoms with Gasteiger partial charge in [-0.2, -0.15) is 0 Å². The third-order valence-corrected chi connectivity index (χ3v) is 4.39. The van der Waals surface area contributed by atoms with Crippen LogP contribution in [0, 0.1) is 10.8 Å². The average molecular weight is 315 g/mol. The molecule has 0 aliphatic heterocycles. The number of hydrogen-bond donors (Lipinski definition) is 4. The van der Waals surface area contributed by atoms with E-state index in [1.165, 1.54) is 26.7 Å². The molecule has 2 aliphatic rings. The van der Waals surface area contributed by atoms with Crippen LogP contribution in [0.5, 0.6) is 0 Å². The number of nitrogens with one attached hydrogen (secondary N) is 1. The fourth-order valence-corrected chi connectivity index (χ4v) is 2.76. The van der Waals surface area contributed by atoms with Crippen molar-refractivity contribution in [1.82, 2.24) is 5.32 Å². The Morgan fingerprint density at radius 3 is 2.00 bits per heavy atom. The van der Waals surface area contributed by atoms with Crippen LogP contribution in [-0.2, 0) is 4.79 Å². The molecule has 130 valence electrons. The first-order valence-electron chi connectivity index (χ1n) is 8.46. The van der Waals surface area contributed by atoms with Crippen LogP contribution in [0.4, 0.5) is 0 Å². The largest absolute Gasteiger partial charge is 0.396 e. The van der Waals surface area contributed by atoms with Gasteiger partial charge in [-0.3, -0.25) is 4.79 Å². The van der Waals surface area contributed by atoms with Crippen LogP contribution in [0.15, 0.2) is 0 Å². The molecule has 4 N–H and O–H groups in total. The molecule has 0 saturated heterocycles. The Balaban J connectivity index is 0.000000422. The van der Waals surface area contributed by atoms with Gasteiger partial charge in [0.15, 0.2) is 5.79 Å².